The van der Waals surface area contributed by atoms with Gasteiger partial charge in [-0.1, -0.05) is 0 Å². The number of likely N-dealkylation sites (N-methyl/N-ethyl adjacent to an activating group) is 1. The molecule has 0 aliphatic carbocycles. The van der Waals surface area contributed by atoms with E-state index < -0.39 is 0 Å². The number of nitrogens with zero attached hydrogens (tertiary/aromatic N) is 1. The minimum absolute atomic E-state index is 0.528. The summed E-state index contributed by atoms with van der Waals surface area (Å²) in [5.41, 5.74) is 1.25. The minimum atomic E-state index is 0.528. The van der Waals surface area contributed by atoms with Crippen LogP contribution in [0.2, 0.25) is 0 Å². The molecular formula is C14H18BrNO2. The zero-order valence-electron chi connectivity index (χ0n) is 10.8. The Morgan fingerprint density at radius 1 is 1.44 bits per heavy atom. The van der Waals surface area contributed by atoms with Gasteiger partial charge in [0.2, 0.25) is 0 Å². The number of methoxy groups -OCH3 is 1. The van der Waals surface area contributed by atoms with Crippen LogP contribution in [0.25, 0.3) is 0 Å². The SMILES string of the molecule is COc1ccc(Br)c2c1[C@H]1CN(C)CC[C@H]1CO2. The van der Waals surface area contributed by atoms with Gasteiger partial charge in [-0.3, -0.25) is 0 Å². The van der Waals surface area contributed by atoms with Crippen LogP contribution in [0.15, 0.2) is 16.6 Å². The normalized spacial score (nSPS) is 27.1. The fourth-order valence-electron chi connectivity index (χ4n) is 3.11. The summed E-state index contributed by atoms with van der Waals surface area (Å²) < 4.78 is 12.5. The Morgan fingerprint density at radius 2 is 2.28 bits per heavy atom. The monoisotopic (exact) mass is 311 g/mol. The van der Waals surface area contributed by atoms with Gasteiger partial charge in [0.15, 0.2) is 0 Å². The van der Waals surface area contributed by atoms with Gasteiger partial charge < -0.3 is 14.4 Å². The first-order valence-corrected chi connectivity index (χ1v) is 7.17. The van der Waals surface area contributed by atoms with Crippen molar-refractivity contribution in [3.8, 4) is 11.5 Å². The maximum Gasteiger partial charge on any atom is 0.140 e. The van der Waals surface area contributed by atoms with Crippen molar-refractivity contribution in [2.24, 2.45) is 5.92 Å². The summed E-state index contributed by atoms with van der Waals surface area (Å²) in [6.45, 7) is 3.08. The minimum Gasteiger partial charge on any atom is -0.496 e. The zero-order chi connectivity index (χ0) is 12.7. The number of halogens is 1. The fourth-order valence-corrected chi connectivity index (χ4v) is 3.57. The van der Waals surface area contributed by atoms with Crippen LogP contribution in [-0.2, 0) is 0 Å². The van der Waals surface area contributed by atoms with Gasteiger partial charge >= 0.3 is 0 Å². The van der Waals surface area contributed by atoms with Crippen molar-refractivity contribution >= 4 is 15.9 Å². The third kappa shape index (κ3) is 1.91. The lowest BCUT2D eigenvalue weighted by Gasteiger charge is -2.41. The van der Waals surface area contributed by atoms with Crippen molar-refractivity contribution in [1.29, 1.82) is 0 Å². The molecule has 0 aromatic heterocycles. The maximum absolute atomic E-state index is 5.96. The number of piperidine rings is 1. The Balaban J connectivity index is 2.08. The van der Waals surface area contributed by atoms with E-state index in [1.807, 2.05) is 12.1 Å². The number of hydrogen-bond acceptors (Lipinski definition) is 3. The van der Waals surface area contributed by atoms with Gasteiger partial charge in [0.05, 0.1) is 18.2 Å². The van der Waals surface area contributed by atoms with Crippen LogP contribution >= 0.6 is 15.9 Å². The highest BCUT2D eigenvalue weighted by Crippen LogP contribution is 2.48. The summed E-state index contributed by atoms with van der Waals surface area (Å²) in [6, 6.07) is 4.04. The van der Waals surface area contributed by atoms with Crippen LogP contribution in [0.1, 0.15) is 17.9 Å². The molecule has 1 saturated heterocycles. The molecule has 1 fully saturated rings. The molecule has 0 saturated carbocycles. The molecule has 2 aliphatic heterocycles. The van der Waals surface area contributed by atoms with Crippen molar-refractivity contribution in [3.63, 3.8) is 0 Å². The third-order valence-electron chi connectivity index (χ3n) is 4.10. The van der Waals surface area contributed by atoms with E-state index in [9.17, 15) is 0 Å². The number of fused-ring (bicyclic) bond motifs is 3. The largest absolute Gasteiger partial charge is 0.496 e. The van der Waals surface area contributed by atoms with Crippen LogP contribution in [0.5, 0.6) is 11.5 Å². The molecule has 0 bridgehead atoms. The van der Waals surface area contributed by atoms with E-state index in [0.717, 1.165) is 35.7 Å². The van der Waals surface area contributed by atoms with Gasteiger partial charge in [0.25, 0.3) is 0 Å². The van der Waals surface area contributed by atoms with E-state index >= 15 is 0 Å². The molecule has 98 valence electrons. The second-order valence-corrected chi connectivity index (χ2v) is 6.08. The second kappa shape index (κ2) is 4.74. The molecule has 2 heterocycles. The summed E-state index contributed by atoms with van der Waals surface area (Å²) in [5.74, 6) is 3.08. The van der Waals surface area contributed by atoms with Crippen LogP contribution < -0.4 is 9.47 Å². The number of hydrogen-bond donors (Lipinski definition) is 0. The molecule has 2 atom stereocenters. The molecule has 18 heavy (non-hydrogen) atoms. The van der Waals surface area contributed by atoms with Crippen molar-refractivity contribution in [2.45, 2.75) is 12.3 Å². The average Bonchev–Trinajstić information content (AvgIpc) is 2.39. The highest BCUT2D eigenvalue weighted by molar-refractivity contribution is 9.10. The molecule has 0 N–H and O–H groups in total. The maximum atomic E-state index is 5.96. The Morgan fingerprint density at radius 3 is 3.06 bits per heavy atom. The van der Waals surface area contributed by atoms with Gasteiger partial charge in [-0.15, -0.1) is 0 Å². The summed E-state index contributed by atoms with van der Waals surface area (Å²) >= 11 is 3.58. The first kappa shape index (κ1) is 12.3. The molecule has 1 aromatic carbocycles. The van der Waals surface area contributed by atoms with Crippen LogP contribution in [0, 0.1) is 5.92 Å². The van der Waals surface area contributed by atoms with E-state index in [-0.39, 0.29) is 0 Å². The highest BCUT2D eigenvalue weighted by Gasteiger charge is 2.37. The molecule has 3 nitrogen and oxygen atoms in total. The predicted molar refractivity (Wildman–Crippen MR) is 74.5 cm³/mol. The van der Waals surface area contributed by atoms with E-state index in [0.29, 0.717) is 11.8 Å². The van der Waals surface area contributed by atoms with Crippen molar-refractivity contribution in [2.75, 3.05) is 33.9 Å². The zero-order valence-corrected chi connectivity index (χ0v) is 12.4. The molecule has 2 aliphatic rings. The molecule has 1 aromatic rings. The summed E-state index contributed by atoms with van der Waals surface area (Å²) in [7, 11) is 3.93. The lowest BCUT2D eigenvalue weighted by atomic mass is 9.79. The van der Waals surface area contributed by atoms with Gasteiger partial charge in [-0.25, -0.2) is 0 Å². The number of ether oxygens (including phenoxy) is 2. The lowest BCUT2D eigenvalue weighted by molar-refractivity contribution is 0.111. The Hall–Kier alpha value is -0.740. The Bertz CT molecular complexity index is 463. The molecule has 3 rings (SSSR count). The van der Waals surface area contributed by atoms with Crippen molar-refractivity contribution < 1.29 is 9.47 Å². The van der Waals surface area contributed by atoms with Crippen molar-refractivity contribution in [3.05, 3.63) is 22.2 Å². The number of rotatable bonds is 1. The van der Waals surface area contributed by atoms with Gasteiger partial charge in [0.1, 0.15) is 11.5 Å². The van der Waals surface area contributed by atoms with Gasteiger partial charge in [0, 0.05) is 23.9 Å². The lowest BCUT2D eigenvalue weighted by Crippen LogP contribution is -2.41. The number of benzene rings is 1. The molecule has 0 unspecified atom stereocenters. The second-order valence-electron chi connectivity index (χ2n) is 5.22. The molecule has 0 radical (unpaired) electrons. The fraction of sp³-hybridized carbons (Fsp3) is 0.571. The van der Waals surface area contributed by atoms with Gasteiger partial charge in [-0.2, -0.15) is 0 Å². The topological polar surface area (TPSA) is 21.7 Å². The number of likely N-dealkylation sites (tertiary alicyclic amines) is 1. The molecule has 4 heteroatoms. The standard InChI is InChI=1S/C14H18BrNO2/c1-16-6-5-9-8-18-14-11(15)3-4-12(17-2)13(14)10(9)7-16/h3-4,9-10H,5-8H2,1-2H3/t9-,10-/m0/s1. The highest BCUT2D eigenvalue weighted by atomic mass is 79.9. The summed E-state index contributed by atoms with van der Waals surface area (Å²) in [4.78, 5) is 2.40. The first-order valence-electron chi connectivity index (χ1n) is 6.38. The van der Waals surface area contributed by atoms with E-state index in [2.05, 4.69) is 27.9 Å². The summed E-state index contributed by atoms with van der Waals surface area (Å²) in [5, 5.41) is 0. The van der Waals surface area contributed by atoms with Crippen LogP contribution in [0.3, 0.4) is 0 Å². The first-order chi connectivity index (χ1) is 8.70. The quantitative estimate of drug-likeness (QED) is 0.796. The molecule has 0 spiro atoms. The van der Waals surface area contributed by atoms with E-state index in [4.69, 9.17) is 9.47 Å². The van der Waals surface area contributed by atoms with E-state index in [1.54, 1.807) is 7.11 Å². The Kier molecular flexibility index (Phi) is 3.24. The third-order valence-corrected chi connectivity index (χ3v) is 4.72. The van der Waals surface area contributed by atoms with Crippen LogP contribution in [0.4, 0.5) is 0 Å². The summed E-state index contributed by atoms with van der Waals surface area (Å²) in [6.07, 6.45) is 1.20. The van der Waals surface area contributed by atoms with E-state index in [1.165, 1.54) is 12.0 Å². The predicted octanol–water partition coefficient (Wildman–Crippen LogP) is 2.89. The molecular weight excluding hydrogens is 294 g/mol. The Labute approximate surface area is 116 Å². The average molecular weight is 312 g/mol. The smallest absolute Gasteiger partial charge is 0.140 e. The van der Waals surface area contributed by atoms with Crippen LogP contribution in [-0.4, -0.2) is 38.8 Å². The molecule has 0 amide bonds. The van der Waals surface area contributed by atoms with Crippen molar-refractivity contribution in [1.82, 2.24) is 4.90 Å². The van der Waals surface area contributed by atoms with Gasteiger partial charge in [-0.05, 0) is 48.1 Å².